The summed E-state index contributed by atoms with van der Waals surface area (Å²) in [6, 6.07) is 17.2. The number of aryl methyl sites for hydroxylation is 6. The summed E-state index contributed by atoms with van der Waals surface area (Å²) in [6.45, 7) is 14.9. The molecule has 0 saturated heterocycles. The van der Waals surface area contributed by atoms with Crippen molar-refractivity contribution in [1.82, 2.24) is 0 Å². The fourth-order valence-corrected chi connectivity index (χ4v) is 5.62. The first-order chi connectivity index (χ1) is 16.2. The molecule has 0 fully saturated rings. The maximum absolute atomic E-state index is 6.73. The maximum atomic E-state index is 6.73. The van der Waals surface area contributed by atoms with Gasteiger partial charge in [0.25, 0.3) is 0 Å². The van der Waals surface area contributed by atoms with Gasteiger partial charge in [0.2, 0.25) is 0 Å². The van der Waals surface area contributed by atoms with Crippen molar-refractivity contribution in [1.29, 1.82) is 0 Å². The van der Waals surface area contributed by atoms with Crippen molar-refractivity contribution in [3.8, 4) is 0 Å². The molecule has 0 radical (unpaired) electrons. The largest absolute Gasteiger partial charge is 0.246 e. The second kappa shape index (κ2) is 9.47. The molecule has 4 aromatic carbocycles. The van der Waals surface area contributed by atoms with Gasteiger partial charge in [0.1, 0.15) is 0 Å². The van der Waals surface area contributed by atoms with Gasteiger partial charge < -0.3 is 0 Å². The monoisotopic (exact) mass is 570 g/mol. The van der Waals surface area contributed by atoms with Gasteiger partial charge >= 0.3 is 0 Å². The van der Waals surface area contributed by atoms with Gasteiger partial charge in [-0.1, -0.05) is 65.2 Å². The number of hydrogen-bond acceptors (Lipinski definition) is 2. The second-order valence-electron chi connectivity index (χ2n) is 9.68. The summed E-state index contributed by atoms with van der Waals surface area (Å²) in [5, 5.41) is 3.07. The van der Waals surface area contributed by atoms with Crippen LogP contribution in [0.5, 0.6) is 0 Å². The Labute approximate surface area is 226 Å². The number of nitrogens with zero attached hydrogens (tertiary/aromatic N) is 2. The number of aliphatic imine (C=N–C) groups is 2. The van der Waals surface area contributed by atoms with Gasteiger partial charge in [-0.3, -0.25) is 0 Å². The smallest absolute Gasteiger partial charge is 0.0982 e. The summed E-state index contributed by atoms with van der Waals surface area (Å²) < 4.78 is 0. The van der Waals surface area contributed by atoms with E-state index in [2.05, 4.69) is 97.0 Å². The van der Waals surface area contributed by atoms with E-state index in [1.807, 2.05) is 0 Å². The van der Waals surface area contributed by atoms with E-state index in [1.165, 1.54) is 38.8 Å². The molecule has 1 aliphatic carbocycles. The summed E-state index contributed by atoms with van der Waals surface area (Å²) in [7, 11) is 0. The van der Waals surface area contributed by atoms with Crippen LogP contribution in [-0.4, -0.2) is 11.4 Å². The van der Waals surface area contributed by atoms with Gasteiger partial charge in [-0.15, -0.1) is 0 Å². The van der Waals surface area contributed by atoms with E-state index in [9.17, 15) is 0 Å². The van der Waals surface area contributed by atoms with Crippen LogP contribution in [-0.2, 0) is 20.4 Å². The van der Waals surface area contributed by atoms with Crippen LogP contribution in [0.15, 0.2) is 58.5 Å². The molecular formula is C31H29ClN2Pd. The molecule has 0 aromatic heterocycles. The Morgan fingerprint density at radius 1 is 0.629 bits per heavy atom. The van der Waals surface area contributed by atoms with E-state index in [4.69, 9.17) is 21.6 Å². The average Bonchev–Trinajstić information content (AvgIpc) is 3.06. The Hall–Kier alpha value is -2.57. The van der Waals surface area contributed by atoms with E-state index >= 15 is 0 Å². The first-order valence-electron chi connectivity index (χ1n) is 11.7. The van der Waals surface area contributed by atoms with Crippen molar-refractivity contribution < 1.29 is 20.4 Å². The molecule has 0 unspecified atom stereocenters. The van der Waals surface area contributed by atoms with Gasteiger partial charge in [0, 0.05) is 42.0 Å². The van der Waals surface area contributed by atoms with Crippen LogP contribution in [0.2, 0.25) is 5.02 Å². The Kier molecular flexibility index (Phi) is 6.91. The minimum absolute atomic E-state index is 0. The molecule has 4 heteroatoms. The predicted octanol–water partition coefficient (Wildman–Crippen LogP) is 8.90. The van der Waals surface area contributed by atoms with Crippen molar-refractivity contribution in [2.45, 2.75) is 48.5 Å². The Bertz CT molecular complexity index is 1530. The van der Waals surface area contributed by atoms with Gasteiger partial charge in [-0.2, -0.15) is 0 Å². The summed E-state index contributed by atoms with van der Waals surface area (Å²) in [5.41, 5.74) is 14.3. The Balaban J connectivity index is 0.00000289. The molecule has 0 saturated carbocycles. The molecule has 180 valence electrons. The third kappa shape index (κ3) is 4.32. The third-order valence-corrected chi connectivity index (χ3v) is 7.19. The number of benzene rings is 4. The van der Waals surface area contributed by atoms with Gasteiger partial charge in [-0.05, 0) is 87.7 Å². The van der Waals surface area contributed by atoms with Gasteiger partial charge in [-0.25, -0.2) is 9.98 Å². The molecule has 0 spiro atoms. The molecule has 0 N–H and O–H groups in total. The predicted molar refractivity (Wildman–Crippen MR) is 147 cm³/mol. The summed E-state index contributed by atoms with van der Waals surface area (Å²) in [4.78, 5) is 10.6. The van der Waals surface area contributed by atoms with Crippen LogP contribution >= 0.6 is 11.6 Å². The first kappa shape index (κ1) is 25.5. The molecule has 0 heterocycles. The molecule has 0 atom stereocenters. The molecule has 35 heavy (non-hydrogen) atoms. The minimum atomic E-state index is 0. The number of hydrogen-bond donors (Lipinski definition) is 0. The summed E-state index contributed by atoms with van der Waals surface area (Å²) >= 11 is 6.73. The SMILES string of the molecule is Cc1cc(C)c(N=C2C(=Nc3c(C)cc(C)cc3C)c3c(C)c(Cl)cc4cccc2c34)c(C)c1.[Pd]. The first-order valence-corrected chi connectivity index (χ1v) is 12.1. The Morgan fingerprint density at radius 3 is 1.63 bits per heavy atom. The van der Waals surface area contributed by atoms with Crippen molar-refractivity contribution in [3.63, 3.8) is 0 Å². The third-order valence-electron chi connectivity index (χ3n) is 6.80. The van der Waals surface area contributed by atoms with Crippen LogP contribution < -0.4 is 0 Å². The molecule has 0 bridgehead atoms. The molecule has 1 aliphatic rings. The summed E-state index contributed by atoms with van der Waals surface area (Å²) in [6.07, 6.45) is 0. The molecule has 0 aliphatic heterocycles. The van der Waals surface area contributed by atoms with E-state index in [-0.39, 0.29) is 20.4 Å². The van der Waals surface area contributed by atoms with Crippen molar-refractivity contribution in [2.24, 2.45) is 9.98 Å². The zero-order valence-electron chi connectivity index (χ0n) is 21.2. The maximum Gasteiger partial charge on any atom is 0.0982 e. The molecular weight excluding hydrogens is 542 g/mol. The number of halogens is 1. The minimum Gasteiger partial charge on any atom is -0.246 e. The van der Waals surface area contributed by atoms with Crippen LogP contribution in [0, 0.1) is 48.5 Å². The zero-order valence-corrected chi connectivity index (χ0v) is 23.5. The van der Waals surface area contributed by atoms with Gasteiger partial charge in [0.05, 0.1) is 22.8 Å². The van der Waals surface area contributed by atoms with Crippen molar-refractivity contribution >= 4 is 45.2 Å². The van der Waals surface area contributed by atoms with Crippen LogP contribution in [0.3, 0.4) is 0 Å². The molecule has 4 aromatic rings. The van der Waals surface area contributed by atoms with Crippen molar-refractivity contribution in [3.05, 3.63) is 104 Å². The fraction of sp³-hybridized carbons (Fsp3) is 0.226. The van der Waals surface area contributed by atoms with E-state index < -0.39 is 0 Å². The second-order valence-corrected chi connectivity index (χ2v) is 10.1. The van der Waals surface area contributed by atoms with E-state index in [0.717, 1.165) is 49.9 Å². The molecule has 5 rings (SSSR count). The van der Waals surface area contributed by atoms with Crippen LogP contribution in [0.1, 0.15) is 50.1 Å². The normalized spacial score (nSPS) is 14.7. The van der Waals surface area contributed by atoms with Crippen molar-refractivity contribution in [2.75, 3.05) is 0 Å². The summed E-state index contributed by atoms with van der Waals surface area (Å²) in [5.74, 6) is 0. The Morgan fingerprint density at radius 2 is 1.11 bits per heavy atom. The van der Waals surface area contributed by atoms with Gasteiger partial charge in [0.15, 0.2) is 0 Å². The number of rotatable bonds is 2. The standard InChI is InChI=1S/C31H29ClN2.Pd/c1-16-11-18(3)28(19(4)12-16)33-30-24-10-8-9-23-15-25(32)22(7)26(27(23)24)31(30)34-29-20(5)13-17(2)14-21(29)6;/h8-15H,1-7H3;. The van der Waals surface area contributed by atoms with E-state index in [0.29, 0.717) is 0 Å². The zero-order chi connectivity index (χ0) is 24.3. The molecule has 2 nitrogen and oxygen atoms in total. The molecule has 0 amide bonds. The van der Waals surface area contributed by atoms with Crippen LogP contribution in [0.25, 0.3) is 10.8 Å². The fourth-order valence-electron chi connectivity index (χ4n) is 5.40. The quantitative estimate of drug-likeness (QED) is 0.215. The van der Waals surface area contributed by atoms with E-state index in [1.54, 1.807) is 0 Å². The topological polar surface area (TPSA) is 24.7 Å². The average molecular weight is 571 g/mol. The van der Waals surface area contributed by atoms with Crippen LogP contribution in [0.4, 0.5) is 11.4 Å².